The summed E-state index contributed by atoms with van der Waals surface area (Å²) >= 11 is 0. The second kappa shape index (κ2) is 9.98. The van der Waals surface area contributed by atoms with Gasteiger partial charge in [0, 0.05) is 12.1 Å². The lowest BCUT2D eigenvalue weighted by Crippen LogP contribution is -2.28. The number of ether oxygens (including phenoxy) is 2. The summed E-state index contributed by atoms with van der Waals surface area (Å²) in [5.74, 6) is 1.54. The number of hydrogen-bond acceptors (Lipinski definition) is 5. The van der Waals surface area contributed by atoms with E-state index in [1.54, 1.807) is 19.6 Å². The lowest BCUT2D eigenvalue weighted by molar-refractivity contribution is 0.283. The van der Waals surface area contributed by atoms with Crippen LogP contribution in [0.2, 0.25) is 0 Å². The number of aromatic nitrogens is 1. The van der Waals surface area contributed by atoms with Crippen molar-refractivity contribution in [2.75, 3.05) is 13.7 Å². The van der Waals surface area contributed by atoms with Gasteiger partial charge < -0.3 is 19.3 Å². The minimum Gasteiger partial charge on any atom is -0.493 e. The van der Waals surface area contributed by atoms with Gasteiger partial charge in [0.1, 0.15) is 12.9 Å². The highest BCUT2D eigenvalue weighted by molar-refractivity contribution is 5.66. The van der Waals surface area contributed by atoms with Crippen molar-refractivity contribution in [3.8, 4) is 22.6 Å². The molecule has 1 atom stereocenters. The number of methoxy groups -OCH3 is 1. The first-order valence-electron chi connectivity index (χ1n) is 11.5. The number of nitrogens with zero attached hydrogens (tertiary/aromatic N) is 1. The fourth-order valence-electron chi connectivity index (χ4n) is 4.37. The monoisotopic (exact) mass is 452 g/mol. The van der Waals surface area contributed by atoms with E-state index in [0.717, 1.165) is 41.2 Å². The summed E-state index contributed by atoms with van der Waals surface area (Å²) in [7, 11) is 1.69. The highest BCUT2D eigenvalue weighted by Crippen LogP contribution is 2.36. The fraction of sp³-hybridized carbons (Fsp3) is 0.207. The summed E-state index contributed by atoms with van der Waals surface area (Å²) in [6.07, 6.45) is 8.77. The van der Waals surface area contributed by atoms with Crippen LogP contribution in [0.15, 0.2) is 83.7 Å². The number of fused-ring (bicyclic) bond motifs is 1. The molecule has 172 valence electrons. The van der Waals surface area contributed by atoms with E-state index < -0.39 is 0 Å². The zero-order valence-electron chi connectivity index (χ0n) is 19.5. The van der Waals surface area contributed by atoms with Gasteiger partial charge in [0.2, 0.25) is 0 Å². The average molecular weight is 453 g/mol. The molecule has 5 rings (SSSR count). The van der Waals surface area contributed by atoms with E-state index in [-0.39, 0.29) is 6.04 Å². The Morgan fingerprint density at radius 1 is 1.06 bits per heavy atom. The molecule has 1 N–H and O–H groups in total. The zero-order valence-corrected chi connectivity index (χ0v) is 19.5. The minimum atomic E-state index is 0.109. The predicted molar refractivity (Wildman–Crippen MR) is 134 cm³/mol. The highest BCUT2D eigenvalue weighted by Gasteiger charge is 2.21. The number of hydrogen-bond donors (Lipinski definition) is 1. The molecule has 4 aromatic rings. The van der Waals surface area contributed by atoms with Gasteiger partial charge >= 0.3 is 0 Å². The van der Waals surface area contributed by atoms with Gasteiger partial charge in [0.15, 0.2) is 11.5 Å². The van der Waals surface area contributed by atoms with Crippen LogP contribution in [0.25, 0.3) is 17.2 Å². The van der Waals surface area contributed by atoms with Crippen LogP contribution in [-0.4, -0.2) is 18.8 Å². The van der Waals surface area contributed by atoms with Crippen molar-refractivity contribution in [1.82, 2.24) is 10.5 Å². The van der Waals surface area contributed by atoms with E-state index in [1.165, 1.54) is 22.3 Å². The number of nitrogens with one attached hydrogen (secondary N) is 1. The van der Waals surface area contributed by atoms with E-state index in [9.17, 15) is 0 Å². The molecule has 1 aromatic heterocycles. The van der Waals surface area contributed by atoms with E-state index in [1.807, 2.05) is 18.2 Å². The summed E-state index contributed by atoms with van der Waals surface area (Å²) in [5, 5.41) is 7.42. The van der Waals surface area contributed by atoms with Crippen LogP contribution in [0, 0.1) is 6.92 Å². The third kappa shape index (κ3) is 4.75. The van der Waals surface area contributed by atoms with Gasteiger partial charge in [-0.2, -0.15) is 0 Å². The van der Waals surface area contributed by atoms with Crippen LogP contribution in [-0.2, 0) is 13.0 Å². The molecule has 0 spiro atoms. The van der Waals surface area contributed by atoms with Crippen molar-refractivity contribution in [2.24, 2.45) is 0 Å². The molecular weight excluding hydrogens is 424 g/mol. The summed E-state index contributed by atoms with van der Waals surface area (Å²) in [6, 6.07) is 20.9. The molecule has 1 aliphatic heterocycles. The Morgan fingerprint density at radius 2 is 1.94 bits per heavy atom. The second-order valence-electron chi connectivity index (χ2n) is 8.50. The molecule has 3 aromatic carbocycles. The molecule has 0 bridgehead atoms. The second-order valence-corrected chi connectivity index (χ2v) is 8.50. The van der Waals surface area contributed by atoms with Gasteiger partial charge in [-0.05, 0) is 58.9 Å². The Morgan fingerprint density at radius 3 is 2.71 bits per heavy atom. The van der Waals surface area contributed by atoms with Gasteiger partial charge in [-0.15, -0.1) is 0 Å². The quantitative estimate of drug-likeness (QED) is 0.365. The molecule has 0 saturated carbocycles. The van der Waals surface area contributed by atoms with Crippen LogP contribution in [0.4, 0.5) is 0 Å². The molecule has 5 heteroatoms. The van der Waals surface area contributed by atoms with Crippen molar-refractivity contribution in [3.63, 3.8) is 0 Å². The maximum absolute atomic E-state index is 6.13. The Labute approximate surface area is 200 Å². The summed E-state index contributed by atoms with van der Waals surface area (Å²) in [6.45, 7) is 3.55. The Hall–Kier alpha value is -3.83. The van der Waals surface area contributed by atoms with Crippen LogP contribution in [0.3, 0.4) is 0 Å². The van der Waals surface area contributed by atoms with Crippen LogP contribution in [0.5, 0.6) is 11.5 Å². The predicted octanol–water partition coefficient (Wildman–Crippen LogP) is 6.14. The van der Waals surface area contributed by atoms with E-state index in [4.69, 9.17) is 14.0 Å². The SMILES string of the molecule is COc1cc2c(cc1OCc1ccccc1)CCNC2/C=C/c1ccc(-c2cnoc2)cc1C. The Bertz CT molecular complexity index is 1280. The molecule has 1 unspecified atom stereocenters. The van der Waals surface area contributed by atoms with Crippen molar-refractivity contribution in [3.05, 3.63) is 107 Å². The molecule has 0 radical (unpaired) electrons. The molecule has 2 heterocycles. The van der Waals surface area contributed by atoms with Crippen molar-refractivity contribution in [2.45, 2.75) is 26.0 Å². The highest BCUT2D eigenvalue weighted by atomic mass is 16.5. The zero-order chi connectivity index (χ0) is 23.3. The van der Waals surface area contributed by atoms with Gasteiger partial charge in [-0.25, -0.2) is 0 Å². The Balaban J connectivity index is 1.36. The van der Waals surface area contributed by atoms with Crippen molar-refractivity contribution < 1.29 is 14.0 Å². The first kappa shape index (κ1) is 22.0. The molecule has 0 saturated heterocycles. The van der Waals surface area contributed by atoms with Crippen molar-refractivity contribution >= 4 is 6.08 Å². The summed E-state index contributed by atoms with van der Waals surface area (Å²) in [5.41, 5.74) is 8.12. The van der Waals surface area contributed by atoms with E-state index >= 15 is 0 Å². The molecule has 34 heavy (non-hydrogen) atoms. The average Bonchev–Trinajstić information content (AvgIpc) is 3.42. The first-order chi connectivity index (χ1) is 16.7. The number of rotatable bonds is 7. The van der Waals surface area contributed by atoms with Crippen LogP contribution < -0.4 is 14.8 Å². The van der Waals surface area contributed by atoms with Crippen LogP contribution in [0.1, 0.15) is 33.9 Å². The molecule has 5 nitrogen and oxygen atoms in total. The smallest absolute Gasteiger partial charge is 0.161 e. The maximum atomic E-state index is 6.13. The summed E-state index contributed by atoms with van der Waals surface area (Å²) in [4.78, 5) is 0. The molecule has 0 fully saturated rings. The van der Waals surface area contributed by atoms with Gasteiger partial charge in [0.05, 0.1) is 19.3 Å². The van der Waals surface area contributed by atoms with Crippen molar-refractivity contribution in [1.29, 1.82) is 0 Å². The number of aryl methyl sites for hydroxylation is 1. The van der Waals surface area contributed by atoms with Gasteiger partial charge in [-0.1, -0.05) is 65.8 Å². The Kier molecular flexibility index (Phi) is 6.45. The van der Waals surface area contributed by atoms with E-state index in [2.05, 4.69) is 72.0 Å². The first-order valence-corrected chi connectivity index (χ1v) is 11.5. The fourth-order valence-corrected chi connectivity index (χ4v) is 4.37. The molecular formula is C29H28N2O3. The number of benzene rings is 3. The van der Waals surface area contributed by atoms with Crippen LogP contribution >= 0.6 is 0 Å². The largest absolute Gasteiger partial charge is 0.493 e. The topological polar surface area (TPSA) is 56.5 Å². The standard InChI is InChI=1S/C29H28N2O3/c1-20-14-23(25-17-31-34-19-25)9-8-22(20)10-11-27-26-16-28(32-2)29(15-24(26)12-13-30-27)33-18-21-6-4-3-5-7-21/h3-11,14-17,19,27,30H,12-13,18H2,1-2H3/b11-10+. The molecule has 1 aliphatic rings. The maximum Gasteiger partial charge on any atom is 0.161 e. The lowest BCUT2D eigenvalue weighted by Gasteiger charge is -2.26. The molecule has 0 amide bonds. The minimum absolute atomic E-state index is 0.109. The third-order valence-corrected chi connectivity index (χ3v) is 6.26. The van der Waals surface area contributed by atoms with Gasteiger partial charge in [0.25, 0.3) is 0 Å². The molecule has 0 aliphatic carbocycles. The lowest BCUT2D eigenvalue weighted by atomic mass is 9.92. The normalized spacial score (nSPS) is 15.3. The summed E-state index contributed by atoms with van der Waals surface area (Å²) < 4.78 is 16.8. The van der Waals surface area contributed by atoms with Gasteiger partial charge in [-0.3, -0.25) is 0 Å². The third-order valence-electron chi connectivity index (χ3n) is 6.26. The van der Waals surface area contributed by atoms with E-state index in [0.29, 0.717) is 6.61 Å².